The fourth-order valence-corrected chi connectivity index (χ4v) is 9.72. The molecule has 3 aliphatic heterocycles. The normalized spacial score (nSPS) is 31.5. The number of hydrogen-bond acceptors (Lipinski definition) is 10. The van der Waals surface area contributed by atoms with Crippen molar-refractivity contribution in [3.8, 4) is 5.88 Å². The predicted molar refractivity (Wildman–Crippen MR) is 204 cm³/mol. The van der Waals surface area contributed by atoms with Gasteiger partial charge in [0.05, 0.1) is 36.4 Å². The van der Waals surface area contributed by atoms with Gasteiger partial charge in [0, 0.05) is 36.2 Å². The van der Waals surface area contributed by atoms with Gasteiger partial charge >= 0.3 is 6.09 Å². The standard InChI is InChI=1S/C39H52N6O9S/c1-4-25-19-24(2)9-5-6-10-26-21-39(26,36(48)43-55(51,52)38(3)13-14-38)42-33(46)30-20-27(23-45(30)35(47)32(25)41-37(49)50)54-34-29-12-8-7-11-28(29)31(22-40-34)44-15-17-53-18-16-44/h6-8,10-12,22,24-27,30,32,41H,4-5,9,13-21,23H2,1-3H3,(H,42,46)(H,43,48)(H,49,50)/b10-6-/t24-,25+,26?,27+,30-,32-,39?/m0/s1. The molecule has 2 aliphatic carbocycles. The molecule has 2 saturated carbocycles. The number of carboxylic acid groups (broad SMARTS) is 1. The number of sulfonamides is 1. The minimum Gasteiger partial charge on any atom is -0.472 e. The minimum absolute atomic E-state index is 0.0281. The number of nitrogens with one attached hydrogen (secondary N) is 3. The van der Waals surface area contributed by atoms with E-state index in [9.17, 15) is 32.7 Å². The second-order valence-corrected chi connectivity index (χ2v) is 18.4. The third kappa shape index (κ3) is 7.84. The summed E-state index contributed by atoms with van der Waals surface area (Å²) in [4.78, 5) is 63.4. The number of amides is 4. The van der Waals surface area contributed by atoms with E-state index >= 15 is 0 Å². The van der Waals surface area contributed by atoms with Gasteiger partial charge in [-0.05, 0) is 63.4 Å². The molecule has 5 aliphatic rings. The SMILES string of the molecule is CC[C@@H]1C[C@@H](C)CC/C=C\C2CC2(C(=O)NS(=O)(=O)C2(C)CC2)NC(=O)[C@@H]2C[C@@H](Oc3ncc(N4CCOCC4)c4ccccc34)CN2C(=O)[C@H]1NC(=O)O. The lowest BCUT2D eigenvalue weighted by molar-refractivity contribution is -0.142. The molecule has 2 saturated heterocycles. The van der Waals surface area contributed by atoms with Crippen LogP contribution in [0, 0.1) is 17.8 Å². The average molecular weight is 781 g/mol. The van der Waals surface area contributed by atoms with Crippen LogP contribution in [-0.4, -0.2) is 109 Å². The Balaban J connectivity index is 1.22. The molecule has 0 radical (unpaired) electrons. The summed E-state index contributed by atoms with van der Waals surface area (Å²) in [5.74, 6) is -2.36. The van der Waals surface area contributed by atoms with Gasteiger partial charge in [0.25, 0.3) is 5.91 Å². The maximum absolute atomic E-state index is 14.6. The van der Waals surface area contributed by atoms with Crippen LogP contribution in [0.25, 0.3) is 10.8 Å². The van der Waals surface area contributed by atoms with Crippen molar-refractivity contribution in [3.63, 3.8) is 0 Å². The van der Waals surface area contributed by atoms with Crippen molar-refractivity contribution in [2.75, 3.05) is 37.7 Å². The number of rotatable bonds is 8. The molecule has 2 aromatic rings. The first-order valence-corrected chi connectivity index (χ1v) is 21.0. The van der Waals surface area contributed by atoms with E-state index in [-0.39, 0.29) is 31.2 Å². The van der Waals surface area contributed by atoms with E-state index in [0.29, 0.717) is 64.3 Å². The molecule has 0 bridgehead atoms. The van der Waals surface area contributed by atoms with Crippen molar-refractivity contribution >= 4 is 50.3 Å². The second-order valence-electron chi connectivity index (χ2n) is 16.2. The molecule has 4 N–H and O–H groups in total. The number of hydrogen-bond donors (Lipinski definition) is 4. The predicted octanol–water partition coefficient (Wildman–Crippen LogP) is 3.33. The number of aromatic nitrogens is 1. The van der Waals surface area contributed by atoms with E-state index < -0.39 is 68.2 Å². The highest BCUT2D eigenvalue weighted by atomic mass is 32.2. The molecular formula is C39H52N6O9S. The van der Waals surface area contributed by atoms with Gasteiger partial charge in [0.2, 0.25) is 27.7 Å². The summed E-state index contributed by atoms with van der Waals surface area (Å²) in [6.07, 6.45) is 7.09. The lowest BCUT2D eigenvalue weighted by Gasteiger charge is -2.33. The van der Waals surface area contributed by atoms with Gasteiger partial charge in [0.1, 0.15) is 23.7 Å². The van der Waals surface area contributed by atoms with Gasteiger partial charge in [-0.25, -0.2) is 18.2 Å². The van der Waals surface area contributed by atoms with E-state index in [1.54, 1.807) is 13.1 Å². The quantitative estimate of drug-likeness (QED) is 0.287. The van der Waals surface area contributed by atoms with Crippen molar-refractivity contribution in [3.05, 3.63) is 42.6 Å². The number of ether oxygens (including phenoxy) is 2. The Morgan fingerprint density at radius 2 is 1.85 bits per heavy atom. The van der Waals surface area contributed by atoms with Gasteiger partial charge in [-0.15, -0.1) is 0 Å². The zero-order valence-electron chi connectivity index (χ0n) is 31.7. The highest BCUT2D eigenvalue weighted by molar-refractivity contribution is 7.91. The fraction of sp³-hybridized carbons (Fsp3) is 0.615. The zero-order valence-corrected chi connectivity index (χ0v) is 32.5. The zero-order chi connectivity index (χ0) is 39.1. The number of anilines is 1. The van der Waals surface area contributed by atoms with E-state index in [2.05, 4.69) is 27.2 Å². The van der Waals surface area contributed by atoms with Crippen molar-refractivity contribution < 1.29 is 42.2 Å². The van der Waals surface area contributed by atoms with Crippen molar-refractivity contribution in [2.45, 2.75) is 101 Å². The molecule has 1 aromatic heterocycles. The first-order chi connectivity index (χ1) is 26.2. The Labute approximate surface area is 321 Å². The Hall–Kier alpha value is -4.44. The van der Waals surface area contributed by atoms with E-state index in [0.717, 1.165) is 22.9 Å². The number of carbonyl (C=O) groups excluding carboxylic acids is 3. The molecule has 4 amide bonds. The van der Waals surface area contributed by atoms with Crippen molar-refractivity contribution in [1.82, 2.24) is 25.2 Å². The summed E-state index contributed by atoms with van der Waals surface area (Å²) < 4.78 is 39.7. The average Bonchev–Trinajstić information content (AvgIpc) is 4.04. The number of fused-ring (bicyclic) bond motifs is 3. The summed E-state index contributed by atoms with van der Waals surface area (Å²) in [5, 5.41) is 16.9. The first-order valence-electron chi connectivity index (χ1n) is 19.5. The summed E-state index contributed by atoms with van der Waals surface area (Å²) in [7, 11) is -4.00. The first kappa shape index (κ1) is 38.8. The number of nitrogens with zero attached hydrogens (tertiary/aromatic N) is 3. The van der Waals surface area contributed by atoms with E-state index in [1.807, 2.05) is 43.3 Å². The summed E-state index contributed by atoms with van der Waals surface area (Å²) in [5.41, 5.74) is -0.597. The molecular weight excluding hydrogens is 729 g/mol. The third-order valence-corrected chi connectivity index (χ3v) is 14.4. The molecule has 0 spiro atoms. The Morgan fingerprint density at radius 1 is 1.13 bits per heavy atom. The highest BCUT2D eigenvalue weighted by Gasteiger charge is 2.63. The third-order valence-electron chi connectivity index (χ3n) is 12.3. The Bertz CT molecular complexity index is 1970. The molecule has 15 nitrogen and oxygen atoms in total. The van der Waals surface area contributed by atoms with Crippen LogP contribution in [0.15, 0.2) is 42.6 Å². The van der Waals surface area contributed by atoms with E-state index in [1.165, 1.54) is 4.90 Å². The topological polar surface area (TPSA) is 197 Å². The van der Waals surface area contributed by atoms with E-state index in [4.69, 9.17) is 14.5 Å². The smallest absolute Gasteiger partial charge is 0.405 e. The number of benzene rings is 1. The molecule has 4 heterocycles. The maximum atomic E-state index is 14.6. The van der Waals surface area contributed by atoms with Gasteiger partial charge in [-0.2, -0.15) is 0 Å². The highest BCUT2D eigenvalue weighted by Crippen LogP contribution is 2.48. The van der Waals surface area contributed by atoms with Gasteiger partial charge < -0.3 is 35.0 Å². The molecule has 7 atom stereocenters. The molecule has 16 heteroatoms. The maximum Gasteiger partial charge on any atom is 0.405 e. The Morgan fingerprint density at radius 3 is 2.55 bits per heavy atom. The van der Waals surface area contributed by atoms with Crippen LogP contribution in [-0.2, 0) is 29.1 Å². The van der Waals surface area contributed by atoms with Crippen LogP contribution in [0.5, 0.6) is 5.88 Å². The summed E-state index contributed by atoms with van der Waals surface area (Å²) >= 11 is 0. The summed E-state index contributed by atoms with van der Waals surface area (Å²) in [6, 6.07) is 5.44. The van der Waals surface area contributed by atoms with Crippen LogP contribution < -0.4 is 25.0 Å². The van der Waals surface area contributed by atoms with Crippen LogP contribution >= 0.6 is 0 Å². The molecule has 7 rings (SSSR count). The minimum atomic E-state index is -4.00. The molecule has 2 unspecified atom stereocenters. The largest absolute Gasteiger partial charge is 0.472 e. The molecule has 55 heavy (non-hydrogen) atoms. The van der Waals surface area contributed by atoms with Crippen molar-refractivity contribution in [1.29, 1.82) is 0 Å². The number of carbonyl (C=O) groups is 4. The van der Waals surface area contributed by atoms with Gasteiger partial charge in [0.15, 0.2) is 0 Å². The van der Waals surface area contributed by atoms with Crippen LogP contribution in [0.3, 0.4) is 0 Å². The van der Waals surface area contributed by atoms with Crippen LogP contribution in [0.1, 0.15) is 72.1 Å². The number of pyridine rings is 1. The lowest BCUT2D eigenvalue weighted by atomic mass is 9.85. The van der Waals surface area contributed by atoms with Gasteiger partial charge in [-0.3, -0.25) is 19.1 Å². The Kier molecular flexibility index (Phi) is 10.8. The van der Waals surface area contributed by atoms with Crippen molar-refractivity contribution in [2.24, 2.45) is 17.8 Å². The molecule has 1 aromatic carbocycles. The molecule has 298 valence electrons. The second kappa shape index (κ2) is 15.2. The number of allylic oxidation sites excluding steroid dienone is 1. The molecule has 4 fully saturated rings. The number of morpholine rings is 1. The van der Waals surface area contributed by atoms with Crippen LogP contribution in [0.2, 0.25) is 0 Å². The monoisotopic (exact) mass is 780 g/mol. The fourth-order valence-electron chi connectivity index (χ4n) is 8.41. The van der Waals surface area contributed by atoms with Crippen LogP contribution in [0.4, 0.5) is 10.5 Å². The van der Waals surface area contributed by atoms with Gasteiger partial charge in [-0.1, -0.05) is 50.6 Å². The lowest BCUT2D eigenvalue weighted by Crippen LogP contribution is -2.59. The summed E-state index contributed by atoms with van der Waals surface area (Å²) in [6.45, 7) is 8.15.